The van der Waals surface area contributed by atoms with Gasteiger partial charge >= 0.3 is 0 Å². The fourth-order valence-electron chi connectivity index (χ4n) is 1.87. The van der Waals surface area contributed by atoms with E-state index in [4.69, 9.17) is 0 Å². The number of nitrogens with zero attached hydrogens (tertiary/aromatic N) is 1. The molecule has 0 spiro atoms. The van der Waals surface area contributed by atoms with E-state index in [1.165, 1.54) is 24.1 Å². The van der Waals surface area contributed by atoms with Gasteiger partial charge in [-0.3, -0.25) is 5.43 Å². The van der Waals surface area contributed by atoms with Crippen LogP contribution in [0, 0.1) is 11.8 Å². The van der Waals surface area contributed by atoms with Crippen LogP contribution in [0.4, 0.5) is 0 Å². The molecule has 74 valence electrons. The maximum Gasteiger partial charge on any atom is 0.0321 e. The summed E-state index contributed by atoms with van der Waals surface area (Å²) >= 11 is 0. The molecule has 0 saturated heterocycles. The number of hydrazone groups is 1. The van der Waals surface area contributed by atoms with Gasteiger partial charge in [0.25, 0.3) is 0 Å². The summed E-state index contributed by atoms with van der Waals surface area (Å²) in [4.78, 5) is 0. The predicted molar refractivity (Wildman–Crippen MR) is 57.6 cm³/mol. The zero-order chi connectivity index (χ0) is 9.84. The van der Waals surface area contributed by atoms with Crippen molar-refractivity contribution in [2.45, 2.75) is 40.5 Å². The molecule has 1 heterocycles. The topological polar surface area (TPSA) is 24.4 Å². The molecule has 1 aliphatic heterocycles. The first-order chi connectivity index (χ1) is 6.16. The smallest absolute Gasteiger partial charge is 0.0321 e. The number of rotatable bonds is 3. The first-order valence-corrected chi connectivity index (χ1v) is 5.13. The maximum atomic E-state index is 4.16. The van der Waals surface area contributed by atoms with Gasteiger partial charge in [0.2, 0.25) is 0 Å². The number of hydrogen-bond donors (Lipinski definition) is 1. The molecule has 2 atom stereocenters. The second-order valence-corrected chi connectivity index (χ2v) is 3.99. The molecule has 13 heavy (non-hydrogen) atoms. The van der Waals surface area contributed by atoms with Crippen LogP contribution >= 0.6 is 0 Å². The van der Waals surface area contributed by atoms with E-state index in [-0.39, 0.29) is 0 Å². The SMILES string of the molecule is CCCC(C)C1C=NNC(C)=C1C. The molecule has 0 amide bonds. The third-order valence-electron chi connectivity index (χ3n) is 2.92. The van der Waals surface area contributed by atoms with Crippen molar-refractivity contribution >= 4 is 6.21 Å². The number of allylic oxidation sites excluding steroid dienone is 2. The van der Waals surface area contributed by atoms with Crippen LogP contribution in [0.2, 0.25) is 0 Å². The molecule has 0 aromatic carbocycles. The van der Waals surface area contributed by atoms with Crippen LogP contribution in [0.3, 0.4) is 0 Å². The molecule has 2 nitrogen and oxygen atoms in total. The lowest BCUT2D eigenvalue weighted by Gasteiger charge is -2.25. The number of nitrogens with one attached hydrogen (secondary N) is 1. The molecule has 0 radical (unpaired) electrons. The van der Waals surface area contributed by atoms with Crippen molar-refractivity contribution in [1.82, 2.24) is 5.43 Å². The highest BCUT2D eigenvalue weighted by atomic mass is 15.3. The minimum atomic E-state index is 0.543. The third kappa shape index (κ3) is 2.33. The standard InChI is InChI=1S/C11H20N2/c1-5-6-8(2)11-7-12-13-10(4)9(11)3/h7-8,11,13H,5-6H2,1-4H3. The van der Waals surface area contributed by atoms with Gasteiger partial charge in [-0.15, -0.1) is 0 Å². The van der Waals surface area contributed by atoms with Crippen molar-refractivity contribution < 1.29 is 0 Å². The average Bonchev–Trinajstić information content (AvgIpc) is 2.10. The fraction of sp³-hybridized carbons (Fsp3) is 0.727. The van der Waals surface area contributed by atoms with E-state index >= 15 is 0 Å². The van der Waals surface area contributed by atoms with Crippen LogP contribution in [-0.2, 0) is 0 Å². The third-order valence-corrected chi connectivity index (χ3v) is 2.92. The van der Waals surface area contributed by atoms with Crippen LogP contribution in [0.15, 0.2) is 16.4 Å². The van der Waals surface area contributed by atoms with E-state index in [1.54, 1.807) is 0 Å². The maximum absolute atomic E-state index is 4.16. The van der Waals surface area contributed by atoms with Gasteiger partial charge in [-0.1, -0.05) is 26.7 Å². The Labute approximate surface area is 81.1 Å². The van der Waals surface area contributed by atoms with E-state index in [0.717, 1.165) is 0 Å². The zero-order valence-electron chi connectivity index (χ0n) is 9.09. The van der Waals surface area contributed by atoms with E-state index in [9.17, 15) is 0 Å². The summed E-state index contributed by atoms with van der Waals surface area (Å²) in [7, 11) is 0. The Morgan fingerprint density at radius 2 is 2.23 bits per heavy atom. The first-order valence-electron chi connectivity index (χ1n) is 5.13. The van der Waals surface area contributed by atoms with Gasteiger partial charge in [-0.25, -0.2) is 0 Å². The van der Waals surface area contributed by atoms with Gasteiger partial charge < -0.3 is 0 Å². The second kappa shape index (κ2) is 4.45. The Morgan fingerprint density at radius 1 is 1.54 bits per heavy atom. The lowest BCUT2D eigenvalue weighted by molar-refractivity contribution is 0.454. The van der Waals surface area contributed by atoms with E-state index < -0.39 is 0 Å². The first kappa shape index (κ1) is 10.3. The van der Waals surface area contributed by atoms with E-state index in [2.05, 4.69) is 38.2 Å². The normalized spacial score (nSPS) is 24.5. The Kier molecular flexibility index (Phi) is 3.52. The van der Waals surface area contributed by atoms with Crippen LogP contribution in [0.25, 0.3) is 0 Å². The fourth-order valence-corrected chi connectivity index (χ4v) is 1.87. The molecule has 1 N–H and O–H groups in total. The highest BCUT2D eigenvalue weighted by molar-refractivity contribution is 5.66. The minimum Gasteiger partial charge on any atom is -0.283 e. The Balaban J connectivity index is 2.68. The van der Waals surface area contributed by atoms with Gasteiger partial charge in [0.1, 0.15) is 0 Å². The molecule has 0 fully saturated rings. The molecule has 0 aromatic heterocycles. The van der Waals surface area contributed by atoms with Crippen LogP contribution < -0.4 is 5.43 Å². The van der Waals surface area contributed by atoms with Crippen molar-refractivity contribution in [1.29, 1.82) is 0 Å². The quantitative estimate of drug-likeness (QED) is 0.709. The van der Waals surface area contributed by atoms with Crippen molar-refractivity contribution in [3.63, 3.8) is 0 Å². The van der Waals surface area contributed by atoms with Gasteiger partial charge in [0.05, 0.1) is 0 Å². The molecule has 0 saturated carbocycles. The van der Waals surface area contributed by atoms with Gasteiger partial charge in [0, 0.05) is 17.8 Å². The summed E-state index contributed by atoms with van der Waals surface area (Å²) in [6.45, 7) is 8.84. The van der Waals surface area contributed by atoms with Crippen molar-refractivity contribution in [3.05, 3.63) is 11.3 Å². The summed E-state index contributed by atoms with van der Waals surface area (Å²) in [5.41, 5.74) is 5.67. The zero-order valence-corrected chi connectivity index (χ0v) is 9.09. The highest BCUT2D eigenvalue weighted by Crippen LogP contribution is 2.26. The summed E-state index contributed by atoms with van der Waals surface area (Å²) in [5, 5.41) is 4.16. The monoisotopic (exact) mass is 180 g/mol. The van der Waals surface area contributed by atoms with Gasteiger partial charge in [-0.05, 0) is 25.3 Å². The average molecular weight is 180 g/mol. The number of hydrogen-bond acceptors (Lipinski definition) is 2. The van der Waals surface area contributed by atoms with Crippen LogP contribution in [-0.4, -0.2) is 6.21 Å². The van der Waals surface area contributed by atoms with Crippen molar-refractivity contribution in [3.8, 4) is 0 Å². The molecule has 0 aromatic rings. The second-order valence-electron chi connectivity index (χ2n) is 3.99. The molecule has 2 heteroatoms. The summed E-state index contributed by atoms with van der Waals surface area (Å²) < 4.78 is 0. The van der Waals surface area contributed by atoms with Crippen molar-refractivity contribution in [2.75, 3.05) is 0 Å². The van der Waals surface area contributed by atoms with Gasteiger partial charge in [-0.2, -0.15) is 5.10 Å². The van der Waals surface area contributed by atoms with Crippen LogP contribution in [0.5, 0.6) is 0 Å². The van der Waals surface area contributed by atoms with Crippen molar-refractivity contribution in [2.24, 2.45) is 16.9 Å². The molecule has 1 aliphatic rings. The summed E-state index contributed by atoms with van der Waals surface area (Å²) in [6.07, 6.45) is 4.58. The Bertz CT molecular complexity index is 228. The Morgan fingerprint density at radius 3 is 2.85 bits per heavy atom. The predicted octanol–water partition coefficient (Wildman–Crippen LogP) is 2.92. The van der Waals surface area contributed by atoms with Gasteiger partial charge in [0.15, 0.2) is 0 Å². The molecule has 2 unspecified atom stereocenters. The lowest BCUT2D eigenvalue weighted by atomic mass is 9.84. The molecule has 0 aliphatic carbocycles. The lowest BCUT2D eigenvalue weighted by Crippen LogP contribution is -2.23. The van der Waals surface area contributed by atoms with E-state index in [0.29, 0.717) is 11.8 Å². The minimum absolute atomic E-state index is 0.543. The summed E-state index contributed by atoms with van der Waals surface area (Å²) in [5.74, 6) is 1.26. The largest absolute Gasteiger partial charge is 0.283 e. The van der Waals surface area contributed by atoms with Crippen LogP contribution in [0.1, 0.15) is 40.5 Å². The Hall–Kier alpha value is -0.790. The highest BCUT2D eigenvalue weighted by Gasteiger charge is 2.20. The summed E-state index contributed by atoms with van der Waals surface area (Å²) in [6, 6.07) is 0. The molecule has 1 rings (SSSR count). The molecular formula is C11H20N2. The van der Waals surface area contributed by atoms with E-state index in [1.807, 2.05) is 6.21 Å². The molecular weight excluding hydrogens is 160 g/mol. The molecule has 0 bridgehead atoms.